The normalized spacial score (nSPS) is 20.6. The van der Waals surface area contributed by atoms with E-state index in [1.165, 1.54) is 0 Å². The summed E-state index contributed by atoms with van der Waals surface area (Å²) in [4.78, 5) is 14.3. The molecule has 0 saturated carbocycles. The van der Waals surface area contributed by atoms with Crippen LogP contribution in [0.2, 0.25) is 0 Å². The summed E-state index contributed by atoms with van der Waals surface area (Å²) < 4.78 is 28.4. The minimum Gasteiger partial charge on any atom is -0.464 e. The summed E-state index contributed by atoms with van der Waals surface area (Å²) in [7, 11) is 0.547. The Morgan fingerprint density at radius 2 is 2.15 bits per heavy atom. The van der Waals surface area contributed by atoms with Crippen molar-refractivity contribution in [3.63, 3.8) is 0 Å². The van der Waals surface area contributed by atoms with Crippen molar-refractivity contribution < 1.29 is 13.2 Å². The summed E-state index contributed by atoms with van der Waals surface area (Å²) in [6.07, 6.45) is 0.587. The lowest BCUT2D eigenvalue weighted by Gasteiger charge is -2.23. The summed E-state index contributed by atoms with van der Waals surface area (Å²) in [6, 6.07) is 0.121. The molecule has 0 amide bonds. The van der Waals surface area contributed by atoms with Crippen LogP contribution in [0.1, 0.15) is 13.3 Å². The van der Waals surface area contributed by atoms with Crippen LogP contribution in [-0.4, -0.2) is 61.6 Å². The third kappa shape index (κ3) is 3.27. The van der Waals surface area contributed by atoms with E-state index in [0.29, 0.717) is 24.9 Å². The third-order valence-corrected chi connectivity index (χ3v) is 4.92. The van der Waals surface area contributed by atoms with Gasteiger partial charge in [-0.05, 0) is 13.3 Å². The highest BCUT2D eigenvalue weighted by atomic mass is 32.2. The van der Waals surface area contributed by atoms with Crippen LogP contribution in [0.5, 0.6) is 6.01 Å². The Kier molecular flexibility index (Phi) is 4.26. The van der Waals surface area contributed by atoms with Crippen LogP contribution in [0.25, 0.3) is 0 Å². The van der Waals surface area contributed by atoms with E-state index < -0.39 is 9.84 Å². The maximum Gasteiger partial charge on any atom is 0.323 e. The van der Waals surface area contributed by atoms with E-state index >= 15 is 0 Å². The molecule has 2 heterocycles. The number of hydrogen-bond acceptors (Lipinski definition) is 8. The molecule has 112 valence electrons. The second kappa shape index (κ2) is 5.78. The van der Waals surface area contributed by atoms with Gasteiger partial charge in [0, 0.05) is 20.1 Å². The maximum atomic E-state index is 11.6. The summed E-state index contributed by atoms with van der Waals surface area (Å²) in [5.41, 5.74) is 0. The standard InChI is InChI=1S/C11H19N5O3S/c1-4-19-11-14-9(12-2)13-10(15-11)16(3)8-5-6-20(17,18)7-8/h8H,4-7H2,1-3H3,(H,12,13,14,15). The van der Waals surface area contributed by atoms with Gasteiger partial charge in [0.15, 0.2) is 9.84 Å². The Bertz CT molecular complexity index is 577. The van der Waals surface area contributed by atoms with Gasteiger partial charge in [-0.1, -0.05) is 0 Å². The van der Waals surface area contributed by atoms with Crippen molar-refractivity contribution >= 4 is 21.7 Å². The van der Waals surface area contributed by atoms with Crippen LogP contribution in [-0.2, 0) is 9.84 Å². The molecule has 0 aromatic carbocycles. The van der Waals surface area contributed by atoms with Crippen molar-refractivity contribution in [1.82, 2.24) is 15.0 Å². The van der Waals surface area contributed by atoms with Gasteiger partial charge < -0.3 is 15.0 Å². The van der Waals surface area contributed by atoms with Crippen molar-refractivity contribution in [2.45, 2.75) is 19.4 Å². The largest absolute Gasteiger partial charge is 0.464 e. The molecule has 9 heteroatoms. The molecule has 1 aliphatic rings. The van der Waals surface area contributed by atoms with Gasteiger partial charge in [-0.25, -0.2) is 8.42 Å². The van der Waals surface area contributed by atoms with Crippen LogP contribution < -0.4 is 15.0 Å². The van der Waals surface area contributed by atoms with Gasteiger partial charge in [0.2, 0.25) is 11.9 Å². The van der Waals surface area contributed by atoms with Crippen LogP contribution in [0.4, 0.5) is 11.9 Å². The van der Waals surface area contributed by atoms with Crippen molar-refractivity contribution in [1.29, 1.82) is 0 Å². The van der Waals surface area contributed by atoms with Gasteiger partial charge in [-0.2, -0.15) is 15.0 Å². The molecule has 1 N–H and O–H groups in total. The molecular weight excluding hydrogens is 282 g/mol. The van der Waals surface area contributed by atoms with E-state index in [0.717, 1.165) is 0 Å². The molecule has 1 aliphatic heterocycles. The highest BCUT2D eigenvalue weighted by molar-refractivity contribution is 7.91. The van der Waals surface area contributed by atoms with Gasteiger partial charge in [0.25, 0.3) is 0 Å². The summed E-state index contributed by atoms with van der Waals surface area (Å²) in [5.74, 6) is 1.15. The topological polar surface area (TPSA) is 97.3 Å². The number of ether oxygens (including phenoxy) is 1. The summed E-state index contributed by atoms with van der Waals surface area (Å²) >= 11 is 0. The lowest BCUT2D eigenvalue weighted by atomic mass is 10.2. The van der Waals surface area contributed by atoms with Crippen molar-refractivity contribution in [3.05, 3.63) is 0 Å². The van der Waals surface area contributed by atoms with Gasteiger partial charge in [0.05, 0.1) is 18.1 Å². The zero-order valence-corrected chi connectivity index (χ0v) is 12.6. The number of sulfone groups is 1. The zero-order chi connectivity index (χ0) is 14.8. The monoisotopic (exact) mass is 301 g/mol. The van der Waals surface area contributed by atoms with Crippen molar-refractivity contribution in [3.8, 4) is 6.01 Å². The van der Waals surface area contributed by atoms with Crippen molar-refractivity contribution in [2.75, 3.05) is 42.4 Å². The molecule has 0 aliphatic carbocycles. The molecule has 8 nitrogen and oxygen atoms in total. The molecule has 2 rings (SSSR count). The predicted octanol–water partition coefficient (Wildman–Crippen LogP) is -0.0647. The second-order valence-corrected chi connectivity index (χ2v) is 6.82. The van der Waals surface area contributed by atoms with Crippen LogP contribution in [0.15, 0.2) is 0 Å². The SMILES string of the molecule is CCOc1nc(NC)nc(N(C)C2CCS(=O)(=O)C2)n1. The van der Waals surface area contributed by atoms with E-state index in [-0.39, 0.29) is 23.6 Å². The third-order valence-electron chi connectivity index (χ3n) is 3.17. The molecule has 1 unspecified atom stereocenters. The Morgan fingerprint density at radius 3 is 2.70 bits per heavy atom. The number of anilines is 2. The molecular formula is C11H19N5O3S. The zero-order valence-electron chi connectivity index (χ0n) is 11.8. The summed E-state index contributed by atoms with van der Waals surface area (Å²) in [5, 5.41) is 2.84. The quantitative estimate of drug-likeness (QED) is 0.807. The van der Waals surface area contributed by atoms with E-state index in [4.69, 9.17) is 4.74 Å². The van der Waals surface area contributed by atoms with E-state index in [9.17, 15) is 8.42 Å². The first-order chi connectivity index (χ1) is 9.45. The molecule has 1 aromatic rings. The average Bonchev–Trinajstić information content (AvgIpc) is 2.78. The fraction of sp³-hybridized carbons (Fsp3) is 0.727. The first kappa shape index (κ1) is 14.8. The van der Waals surface area contributed by atoms with E-state index in [2.05, 4.69) is 20.3 Å². The van der Waals surface area contributed by atoms with Crippen LogP contribution in [0, 0.1) is 0 Å². The highest BCUT2D eigenvalue weighted by Gasteiger charge is 2.32. The molecule has 1 aromatic heterocycles. The maximum absolute atomic E-state index is 11.6. The minimum absolute atomic E-state index is 0.110. The van der Waals surface area contributed by atoms with Crippen molar-refractivity contribution in [2.24, 2.45) is 0 Å². The molecule has 1 saturated heterocycles. The molecule has 0 bridgehead atoms. The Labute approximate surface area is 118 Å². The fourth-order valence-corrected chi connectivity index (χ4v) is 3.83. The van der Waals surface area contributed by atoms with Gasteiger partial charge >= 0.3 is 6.01 Å². The average molecular weight is 301 g/mol. The van der Waals surface area contributed by atoms with E-state index in [1.807, 2.05) is 6.92 Å². The minimum atomic E-state index is -2.94. The molecule has 0 spiro atoms. The lowest BCUT2D eigenvalue weighted by molar-refractivity contribution is 0.312. The van der Waals surface area contributed by atoms with Crippen LogP contribution >= 0.6 is 0 Å². The number of nitrogens with one attached hydrogen (secondary N) is 1. The second-order valence-electron chi connectivity index (χ2n) is 4.59. The molecule has 1 atom stereocenters. The first-order valence-electron chi connectivity index (χ1n) is 6.45. The number of hydrogen-bond donors (Lipinski definition) is 1. The Balaban J connectivity index is 2.24. The van der Waals surface area contributed by atoms with Gasteiger partial charge in [-0.3, -0.25) is 0 Å². The Morgan fingerprint density at radius 1 is 1.40 bits per heavy atom. The lowest BCUT2D eigenvalue weighted by Crippen LogP contribution is -2.34. The smallest absolute Gasteiger partial charge is 0.323 e. The molecule has 20 heavy (non-hydrogen) atoms. The van der Waals surface area contributed by atoms with Gasteiger partial charge in [-0.15, -0.1) is 0 Å². The van der Waals surface area contributed by atoms with Gasteiger partial charge in [0.1, 0.15) is 0 Å². The summed E-state index contributed by atoms with van der Waals surface area (Å²) in [6.45, 7) is 2.30. The molecule has 1 fully saturated rings. The number of nitrogens with zero attached hydrogens (tertiary/aromatic N) is 4. The number of rotatable bonds is 5. The molecule has 0 radical (unpaired) electrons. The van der Waals surface area contributed by atoms with E-state index in [1.54, 1.807) is 19.0 Å². The first-order valence-corrected chi connectivity index (χ1v) is 8.27. The Hall–Kier alpha value is -1.64. The predicted molar refractivity (Wildman–Crippen MR) is 76.0 cm³/mol. The van der Waals surface area contributed by atoms with Crippen LogP contribution in [0.3, 0.4) is 0 Å². The number of aromatic nitrogens is 3. The highest BCUT2D eigenvalue weighted by Crippen LogP contribution is 2.22. The fourth-order valence-electron chi connectivity index (χ4n) is 2.05.